The molecule has 0 rings (SSSR count). The molecule has 2 nitrogen and oxygen atoms in total. The van der Waals surface area contributed by atoms with Gasteiger partial charge in [-0.05, 0) is 25.5 Å². The minimum absolute atomic E-state index is 0.262. The zero-order valence-corrected chi connectivity index (χ0v) is 13.6. The second-order valence-corrected chi connectivity index (χ2v) is 6.36. The third-order valence-electron chi connectivity index (χ3n) is 2.74. The molecule has 0 aromatic heterocycles. The van der Waals surface area contributed by atoms with Crippen LogP contribution in [0.5, 0.6) is 0 Å². The normalized spacial score (nSPS) is 10.3. The van der Waals surface area contributed by atoms with Gasteiger partial charge in [-0.15, -0.1) is 11.4 Å². The SMILES string of the molecule is C=C(C)C(=O)OCCCCCCCCCCSP. The summed E-state index contributed by atoms with van der Waals surface area (Å²) < 4.78 is 5.03. The second kappa shape index (κ2) is 13.4. The third kappa shape index (κ3) is 12.4. The van der Waals surface area contributed by atoms with E-state index in [1.165, 1.54) is 44.3 Å². The number of hydrogen-bond acceptors (Lipinski definition) is 3. The van der Waals surface area contributed by atoms with Crippen LogP contribution < -0.4 is 0 Å². The molecule has 0 bridgehead atoms. The lowest BCUT2D eigenvalue weighted by atomic mass is 10.1. The summed E-state index contributed by atoms with van der Waals surface area (Å²) in [7, 11) is 2.70. The molecule has 0 N–H and O–H groups in total. The predicted molar refractivity (Wildman–Crippen MR) is 84.9 cm³/mol. The maximum Gasteiger partial charge on any atom is 0.333 e. The Bertz CT molecular complexity index is 232. The van der Waals surface area contributed by atoms with Crippen molar-refractivity contribution in [1.82, 2.24) is 0 Å². The van der Waals surface area contributed by atoms with Gasteiger partial charge in [0.25, 0.3) is 0 Å². The molecule has 0 saturated heterocycles. The van der Waals surface area contributed by atoms with E-state index in [2.05, 4.69) is 15.0 Å². The molecule has 0 aliphatic heterocycles. The van der Waals surface area contributed by atoms with E-state index in [0.717, 1.165) is 12.8 Å². The number of hydrogen-bond donors (Lipinski definition) is 0. The van der Waals surface area contributed by atoms with Crippen molar-refractivity contribution in [3.63, 3.8) is 0 Å². The minimum Gasteiger partial charge on any atom is -0.462 e. The van der Waals surface area contributed by atoms with Crippen LogP contribution in [0.15, 0.2) is 12.2 Å². The van der Waals surface area contributed by atoms with Crippen molar-refractivity contribution in [3.05, 3.63) is 12.2 Å². The van der Waals surface area contributed by atoms with Gasteiger partial charge in [0, 0.05) is 5.57 Å². The quantitative estimate of drug-likeness (QED) is 0.224. The van der Waals surface area contributed by atoms with E-state index in [0.29, 0.717) is 12.2 Å². The summed E-state index contributed by atoms with van der Waals surface area (Å²) in [5, 5.41) is 0. The Morgan fingerprint density at radius 1 is 1.06 bits per heavy atom. The minimum atomic E-state index is -0.262. The van der Waals surface area contributed by atoms with E-state index in [1.54, 1.807) is 6.92 Å². The molecule has 18 heavy (non-hydrogen) atoms. The highest BCUT2D eigenvalue weighted by atomic mass is 32.7. The van der Waals surface area contributed by atoms with Crippen LogP contribution in [0.2, 0.25) is 0 Å². The van der Waals surface area contributed by atoms with Crippen molar-refractivity contribution in [2.75, 3.05) is 12.4 Å². The standard InChI is InChI=1S/C14H27O2PS/c1-13(2)14(15)16-11-9-7-5-3-4-6-8-10-12-18-17/h1,3-12,17H2,2H3. The molecule has 0 aliphatic carbocycles. The van der Waals surface area contributed by atoms with E-state index in [9.17, 15) is 4.79 Å². The van der Waals surface area contributed by atoms with E-state index in [1.807, 2.05) is 11.4 Å². The van der Waals surface area contributed by atoms with E-state index < -0.39 is 0 Å². The van der Waals surface area contributed by atoms with Crippen molar-refractivity contribution in [2.24, 2.45) is 0 Å². The zero-order valence-electron chi connectivity index (χ0n) is 11.6. The maximum atomic E-state index is 11.1. The molecule has 0 aromatic rings. The number of carbonyl (C=O) groups is 1. The number of ether oxygens (including phenoxy) is 1. The summed E-state index contributed by atoms with van der Waals surface area (Å²) in [6, 6.07) is 0. The van der Waals surface area contributed by atoms with Gasteiger partial charge in [0.1, 0.15) is 0 Å². The Hall–Kier alpha value is -0.0100. The Morgan fingerprint density at radius 2 is 1.56 bits per heavy atom. The fraction of sp³-hybridized carbons (Fsp3) is 0.786. The van der Waals surface area contributed by atoms with Crippen LogP contribution in [0.1, 0.15) is 58.3 Å². The first-order valence-electron chi connectivity index (χ1n) is 6.82. The van der Waals surface area contributed by atoms with Crippen molar-refractivity contribution in [2.45, 2.75) is 58.3 Å². The average molecular weight is 290 g/mol. The number of rotatable bonds is 12. The van der Waals surface area contributed by atoms with Gasteiger partial charge >= 0.3 is 5.97 Å². The average Bonchev–Trinajstić information content (AvgIpc) is 2.35. The van der Waals surface area contributed by atoms with Crippen LogP contribution in [0.25, 0.3) is 0 Å². The van der Waals surface area contributed by atoms with Crippen LogP contribution in [0, 0.1) is 0 Å². The Kier molecular flexibility index (Phi) is 13.4. The molecule has 0 aromatic carbocycles. The summed E-state index contributed by atoms with van der Waals surface area (Å²) in [5.74, 6) is 1.00. The molecular weight excluding hydrogens is 263 g/mol. The highest BCUT2D eigenvalue weighted by Crippen LogP contribution is 2.15. The van der Waals surface area contributed by atoms with Gasteiger partial charge in [-0.3, -0.25) is 0 Å². The van der Waals surface area contributed by atoms with Gasteiger partial charge in [-0.25, -0.2) is 4.79 Å². The summed E-state index contributed by atoms with van der Waals surface area (Å²) in [6.45, 7) is 5.77. The van der Waals surface area contributed by atoms with Crippen molar-refractivity contribution >= 4 is 25.8 Å². The van der Waals surface area contributed by atoms with Gasteiger partial charge in [0.15, 0.2) is 0 Å². The van der Waals surface area contributed by atoms with Gasteiger partial charge in [0.2, 0.25) is 0 Å². The molecule has 1 atom stereocenters. The molecule has 1 unspecified atom stereocenters. The molecule has 0 heterocycles. The molecule has 0 spiro atoms. The lowest BCUT2D eigenvalue weighted by Crippen LogP contribution is -2.05. The summed E-state index contributed by atoms with van der Waals surface area (Å²) in [4.78, 5) is 11.1. The van der Waals surface area contributed by atoms with Crippen LogP contribution in [-0.2, 0) is 9.53 Å². The smallest absolute Gasteiger partial charge is 0.333 e. The van der Waals surface area contributed by atoms with Gasteiger partial charge in [0.05, 0.1) is 6.61 Å². The number of esters is 1. The molecule has 0 amide bonds. The topological polar surface area (TPSA) is 26.3 Å². The summed E-state index contributed by atoms with van der Waals surface area (Å²) >= 11 is 1.85. The lowest BCUT2D eigenvalue weighted by molar-refractivity contribution is -0.139. The van der Waals surface area contributed by atoms with E-state index in [4.69, 9.17) is 4.74 Å². The monoisotopic (exact) mass is 290 g/mol. The Labute approximate surface area is 118 Å². The number of unbranched alkanes of at least 4 members (excludes halogenated alkanes) is 7. The zero-order chi connectivity index (χ0) is 13.6. The molecule has 0 fully saturated rings. The molecule has 0 aliphatic rings. The van der Waals surface area contributed by atoms with E-state index >= 15 is 0 Å². The first kappa shape index (κ1) is 18.0. The molecular formula is C14H27O2PS. The summed E-state index contributed by atoms with van der Waals surface area (Å²) in [6.07, 6.45) is 10.1. The molecule has 106 valence electrons. The first-order chi connectivity index (χ1) is 8.68. The van der Waals surface area contributed by atoms with Crippen molar-refractivity contribution in [1.29, 1.82) is 0 Å². The van der Waals surface area contributed by atoms with Crippen molar-refractivity contribution < 1.29 is 9.53 Å². The van der Waals surface area contributed by atoms with Crippen LogP contribution in [0.4, 0.5) is 0 Å². The third-order valence-corrected chi connectivity index (χ3v) is 3.97. The van der Waals surface area contributed by atoms with Gasteiger partial charge in [-0.1, -0.05) is 53.5 Å². The molecule has 0 saturated carbocycles. The predicted octanol–water partition coefficient (Wildman–Crippen LogP) is 4.75. The second-order valence-electron chi connectivity index (χ2n) is 4.62. The van der Waals surface area contributed by atoms with Crippen LogP contribution in [0.3, 0.4) is 0 Å². The van der Waals surface area contributed by atoms with Gasteiger partial charge < -0.3 is 4.74 Å². The maximum absolute atomic E-state index is 11.1. The molecule has 4 heteroatoms. The summed E-state index contributed by atoms with van der Waals surface area (Å²) in [5.41, 5.74) is 0.485. The van der Waals surface area contributed by atoms with Crippen molar-refractivity contribution in [3.8, 4) is 0 Å². The largest absolute Gasteiger partial charge is 0.462 e. The van der Waals surface area contributed by atoms with Crippen LogP contribution >= 0.6 is 19.8 Å². The molecule has 0 radical (unpaired) electrons. The number of carbonyl (C=O) groups excluding carboxylic acids is 1. The highest BCUT2D eigenvalue weighted by Gasteiger charge is 2.01. The Balaban J connectivity index is 3.07. The fourth-order valence-corrected chi connectivity index (χ4v) is 2.51. The first-order valence-corrected chi connectivity index (χ1v) is 9.29. The lowest BCUT2D eigenvalue weighted by Gasteiger charge is -2.04. The highest BCUT2D eigenvalue weighted by molar-refractivity contribution is 8.43. The fourth-order valence-electron chi connectivity index (χ4n) is 1.64. The van der Waals surface area contributed by atoms with Gasteiger partial charge in [-0.2, -0.15) is 0 Å². The Morgan fingerprint density at radius 3 is 2.06 bits per heavy atom. The van der Waals surface area contributed by atoms with Crippen LogP contribution in [-0.4, -0.2) is 18.3 Å². The van der Waals surface area contributed by atoms with E-state index in [-0.39, 0.29) is 5.97 Å².